The minimum Gasteiger partial charge on any atom is -0.507 e. The molecule has 0 aliphatic rings. The zero-order chi connectivity index (χ0) is 14.9. The van der Waals surface area contributed by atoms with Gasteiger partial charge in [-0.15, -0.1) is 0 Å². The molecule has 0 saturated carbocycles. The van der Waals surface area contributed by atoms with E-state index in [0.717, 1.165) is 22.7 Å². The Labute approximate surface area is 127 Å². The van der Waals surface area contributed by atoms with Gasteiger partial charge in [0.25, 0.3) is 0 Å². The zero-order valence-electron chi connectivity index (χ0n) is 11.7. The van der Waals surface area contributed by atoms with E-state index in [9.17, 15) is 5.11 Å². The number of hydrogen-bond acceptors (Lipinski definition) is 3. The Kier molecular flexibility index (Phi) is 2.86. The molecule has 4 nitrogen and oxygen atoms in total. The number of fused-ring (bicyclic) bond motifs is 1. The van der Waals surface area contributed by atoms with Gasteiger partial charge in [-0.1, -0.05) is 24.3 Å². The lowest BCUT2D eigenvalue weighted by molar-refractivity contribution is 0.477. The first-order valence-electron chi connectivity index (χ1n) is 7.01. The van der Waals surface area contributed by atoms with Gasteiger partial charge in [0, 0.05) is 18.0 Å². The van der Waals surface area contributed by atoms with Gasteiger partial charge in [0.1, 0.15) is 17.1 Å². The number of imidazole rings is 1. The van der Waals surface area contributed by atoms with E-state index in [1.54, 1.807) is 18.3 Å². The lowest BCUT2D eigenvalue weighted by atomic mass is 10.1. The Morgan fingerprint density at radius 2 is 1.68 bits per heavy atom. The van der Waals surface area contributed by atoms with E-state index in [1.807, 2.05) is 59.1 Å². The van der Waals surface area contributed by atoms with E-state index in [-0.39, 0.29) is 5.75 Å². The summed E-state index contributed by atoms with van der Waals surface area (Å²) >= 11 is 0. The van der Waals surface area contributed by atoms with E-state index in [4.69, 9.17) is 4.98 Å². The molecule has 0 radical (unpaired) electrons. The predicted octanol–water partition coefficient (Wildman–Crippen LogP) is 3.77. The summed E-state index contributed by atoms with van der Waals surface area (Å²) in [6.45, 7) is 0. The molecule has 22 heavy (non-hydrogen) atoms. The minimum absolute atomic E-state index is 0.221. The molecule has 4 heteroatoms. The smallest absolute Gasteiger partial charge is 0.163 e. The Morgan fingerprint density at radius 3 is 2.50 bits per heavy atom. The van der Waals surface area contributed by atoms with Crippen LogP contribution in [0.1, 0.15) is 0 Å². The van der Waals surface area contributed by atoms with Gasteiger partial charge in [0.05, 0.1) is 5.52 Å². The van der Waals surface area contributed by atoms with Crippen LogP contribution in [0.3, 0.4) is 0 Å². The van der Waals surface area contributed by atoms with Gasteiger partial charge in [-0.25, -0.2) is 4.98 Å². The maximum Gasteiger partial charge on any atom is 0.163 e. The van der Waals surface area contributed by atoms with Crippen molar-refractivity contribution in [3.63, 3.8) is 0 Å². The number of aromatic hydroxyl groups is 1. The van der Waals surface area contributed by atoms with Crippen LogP contribution in [0, 0.1) is 0 Å². The number of phenolic OH excluding ortho intramolecular Hbond substituents is 1. The third-order valence-corrected chi connectivity index (χ3v) is 3.60. The Bertz CT molecular complexity index is 945. The van der Waals surface area contributed by atoms with E-state index >= 15 is 0 Å². The highest BCUT2D eigenvalue weighted by molar-refractivity contribution is 5.83. The largest absolute Gasteiger partial charge is 0.507 e. The summed E-state index contributed by atoms with van der Waals surface area (Å²) in [6.07, 6.45) is 3.70. The number of rotatable bonds is 2. The molecular weight excluding hydrogens is 274 g/mol. The van der Waals surface area contributed by atoms with Crippen LogP contribution in [0.25, 0.3) is 28.3 Å². The maximum absolute atomic E-state index is 10.1. The Balaban J connectivity index is 2.04. The predicted molar refractivity (Wildman–Crippen MR) is 85.5 cm³/mol. The first kappa shape index (κ1) is 12.6. The molecule has 0 amide bonds. The highest BCUT2D eigenvalue weighted by Gasteiger charge is 2.16. The fourth-order valence-electron chi connectivity index (χ4n) is 2.59. The van der Waals surface area contributed by atoms with Crippen LogP contribution >= 0.6 is 0 Å². The summed E-state index contributed by atoms with van der Waals surface area (Å²) in [7, 11) is 0. The van der Waals surface area contributed by atoms with Crippen molar-refractivity contribution < 1.29 is 5.11 Å². The second-order valence-corrected chi connectivity index (χ2v) is 4.97. The van der Waals surface area contributed by atoms with E-state index in [0.29, 0.717) is 5.56 Å². The van der Waals surface area contributed by atoms with Gasteiger partial charge >= 0.3 is 0 Å². The zero-order valence-corrected chi connectivity index (χ0v) is 11.7. The summed E-state index contributed by atoms with van der Waals surface area (Å²) < 4.78 is 1.99. The number of benzene rings is 1. The van der Waals surface area contributed by atoms with Gasteiger partial charge in [0.2, 0.25) is 0 Å². The van der Waals surface area contributed by atoms with E-state index in [2.05, 4.69) is 4.98 Å². The van der Waals surface area contributed by atoms with Crippen LogP contribution in [-0.4, -0.2) is 19.5 Å². The van der Waals surface area contributed by atoms with Crippen molar-refractivity contribution in [1.29, 1.82) is 0 Å². The van der Waals surface area contributed by atoms with Gasteiger partial charge in [-0.3, -0.25) is 9.38 Å². The first-order valence-corrected chi connectivity index (χ1v) is 7.01. The molecule has 0 aliphatic heterocycles. The molecule has 4 aromatic rings. The van der Waals surface area contributed by atoms with Crippen molar-refractivity contribution in [3.05, 3.63) is 73.1 Å². The van der Waals surface area contributed by atoms with Gasteiger partial charge < -0.3 is 5.11 Å². The second kappa shape index (κ2) is 5.00. The summed E-state index contributed by atoms with van der Waals surface area (Å²) in [6, 6.07) is 18.9. The van der Waals surface area contributed by atoms with Crippen LogP contribution in [0.15, 0.2) is 73.1 Å². The number of aromatic nitrogens is 3. The van der Waals surface area contributed by atoms with Crippen molar-refractivity contribution in [3.8, 4) is 28.5 Å². The molecule has 1 N–H and O–H groups in total. The number of para-hydroxylation sites is 1. The van der Waals surface area contributed by atoms with Crippen LogP contribution in [0.4, 0.5) is 0 Å². The Hall–Kier alpha value is -3.14. The van der Waals surface area contributed by atoms with Crippen molar-refractivity contribution in [2.45, 2.75) is 0 Å². The van der Waals surface area contributed by atoms with Crippen LogP contribution in [-0.2, 0) is 0 Å². The van der Waals surface area contributed by atoms with Gasteiger partial charge in [-0.2, -0.15) is 0 Å². The standard InChI is InChI=1S/C18H13N3O/c22-16-10-2-1-7-13(16)17-15-9-4-6-12-21(15)18(20-17)14-8-3-5-11-19-14/h1-12,22H. The number of hydrogen-bond donors (Lipinski definition) is 1. The normalized spacial score (nSPS) is 10.9. The molecule has 0 spiro atoms. The fraction of sp³-hybridized carbons (Fsp3) is 0. The number of nitrogens with zero attached hydrogens (tertiary/aromatic N) is 3. The highest BCUT2D eigenvalue weighted by Crippen LogP contribution is 2.33. The third kappa shape index (κ3) is 1.93. The van der Waals surface area contributed by atoms with Crippen LogP contribution < -0.4 is 0 Å². The minimum atomic E-state index is 0.221. The summed E-state index contributed by atoms with van der Waals surface area (Å²) in [4.78, 5) is 9.11. The summed E-state index contributed by atoms with van der Waals surface area (Å²) in [5.74, 6) is 0.980. The monoisotopic (exact) mass is 287 g/mol. The van der Waals surface area contributed by atoms with Crippen molar-refractivity contribution in [2.75, 3.05) is 0 Å². The lowest BCUT2D eigenvalue weighted by Gasteiger charge is -2.01. The number of pyridine rings is 2. The molecular formula is C18H13N3O. The van der Waals surface area contributed by atoms with Crippen molar-refractivity contribution >= 4 is 5.52 Å². The molecule has 4 rings (SSSR count). The van der Waals surface area contributed by atoms with Crippen LogP contribution in [0.5, 0.6) is 5.75 Å². The van der Waals surface area contributed by atoms with Crippen LogP contribution in [0.2, 0.25) is 0 Å². The molecule has 0 saturated heterocycles. The van der Waals surface area contributed by atoms with Gasteiger partial charge in [-0.05, 0) is 36.4 Å². The molecule has 0 fully saturated rings. The molecule has 3 aromatic heterocycles. The third-order valence-electron chi connectivity index (χ3n) is 3.60. The summed E-state index contributed by atoms with van der Waals surface area (Å²) in [5, 5.41) is 10.1. The molecule has 0 bridgehead atoms. The average molecular weight is 287 g/mol. The van der Waals surface area contributed by atoms with E-state index < -0.39 is 0 Å². The highest BCUT2D eigenvalue weighted by atomic mass is 16.3. The molecule has 0 aliphatic carbocycles. The first-order chi connectivity index (χ1) is 10.8. The molecule has 3 heterocycles. The second-order valence-electron chi connectivity index (χ2n) is 4.97. The van der Waals surface area contributed by atoms with Crippen molar-refractivity contribution in [2.24, 2.45) is 0 Å². The van der Waals surface area contributed by atoms with Gasteiger partial charge in [0.15, 0.2) is 5.82 Å². The lowest BCUT2D eigenvalue weighted by Crippen LogP contribution is -1.90. The topological polar surface area (TPSA) is 50.4 Å². The maximum atomic E-state index is 10.1. The van der Waals surface area contributed by atoms with E-state index in [1.165, 1.54) is 0 Å². The number of phenols is 1. The molecule has 106 valence electrons. The molecule has 0 atom stereocenters. The van der Waals surface area contributed by atoms with Crippen molar-refractivity contribution in [1.82, 2.24) is 14.4 Å². The SMILES string of the molecule is Oc1ccccc1-c1nc(-c2ccccn2)n2ccccc12. The summed E-state index contributed by atoms with van der Waals surface area (Å²) in [5.41, 5.74) is 3.20. The molecule has 1 aromatic carbocycles. The fourth-order valence-corrected chi connectivity index (χ4v) is 2.59. The molecule has 0 unspecified atom stereocenters. The average Bonchev–Trinajstić information content (AvgIpc) is 2.96. The Morgan fingerprint density at radius 1 is 0.864 bits per heavy atom. The quantitative estimate of drug-likeness (QED) is 0.610.